The minimum atomic E-state index is -0.143. The normalized spacial score (nSPS) is 10.9. The molecular formula is C8H11N5O. The van der Waals surface area contributed by atoms with Gasteiger partial charge in [-0.3, -0.25) is 4.98 Å². The van der Waals surface area contributed by atoms with Gasteiger partial charge in [-0.25, -0.2) is 13.9 Å². The number of hydrogen-bond acceptors (Lipinski definition) is 4. The van der Waals surface area contributed by atoms with Crippen LogP contribution in [-0.2, 0) is 6.54 Å². The average Bonchev–Trinajstić information content (AvgIpc) is 2.54. The topological polar surface area (TPSA) is 78.2 Å². The SMILES string of the molecule is NCCCn1nc2cnccn2c1=O. The number of rotatable bonds is 3. The van der Waals surface area contributed by atoms with E-state index in [2.05, 4.69) is 10.1 Å². The summed E-state index contributed by atoms with van der Waals surface area (Å²) in [5.41, 5.74) is 5.78. The molecule has 0 radical (unpaired) electrons. The van der Waals surface area contributed by atoms with Crippen LogP contribution in [0.5, 0.6) is 0 Å². The Kier molecular flexibility index (Phi) is 2.28. The molecule has 2 rings (SSSR count). The zero-order valence-corrected chi connectivity index (χ0v) is 7.63. The van der Waals surface area contributed by atoms with E-state index in [0.29, 0.717) is 18.7 Å². The Morgan fingerprint density at radius 3 is 3.07 bits per heavy atom. The molecule has 0 aromatic carbocycles. The van der Waals surface area contributed by atoms with Gasteiger partial charge in [0.2, 0.25) is 0 Å². The van der Waals surface area contributed by atoms with Gasteiger partial charge >= 0.3 is 5.69 Å². The van der Waals surface area contributed by atoms with E-state index in [1.165, 1.54) is 9.08 Å². The van der Waals surface area contributed by atoms with Gasteiger partial charge < -0.3 is 5.73 Å². The molecule has 0 bridgehead atoms. The Balaban J connectivity index is 2.47. The molecule has 0 spiro atoms. The Morgan fingerprint density at radius 2 is 2.36 bits per heavy atom. The van der Waals surface area contributed by atoms with Crippen LogP contribution in [0.15, 0.2) is 23.4 Å². The van der Waals surface area contributed by atoms with Crippen LogP contribution in [0.25, 0.3) is 5.65 Å². The summed E-state index contributed by atoms with van der Waals surface area (Å²) >= 11 is 0. The summed E-state index contributed by atoms with van der Waals surface area (Å²) < 4.78 is 2.87. The van der Waals surface area contributed by atoms with Crippen LogP contribution in [-0.4, -0.2) is 25.7 Å². The van der Waals surface area contributed by atoms with E-state index in [4.69, 9.17) is 5.73 Å². The Bertz CT molecular complexity index is 486. The summed E-state index contributed by atoms with van der Waals surface area (Å²) in [6.45, 7) is 1.11. The number of fused-ring (bicyclic) bond motifs is 1. The lowest BCUT2D eigenvalue weighted by Gasteiger charge is -1.94. The maximum atomic E-state index is 11.6. The van der Waals surface area contributed by atoms with E-state index in [0.717, 1.165) is 6.42 Å². The Morgan fingerprint density at radius 1 is 1.50 bits per heavy atom. The summed E-state index contributed by atoms with van der Waals surface area (Å²) in [5, 5.41) is 4.10. The van der Waals surface area contributed by atoms with Gasteiger partial charge in [0.25, 0.3) is 0 Å². The second-order valence-electron chi connectivity index (χ2n) is 2.95. The molecule has 2 N–H and O–H groups in total. The van der Waals surface area contributed by atoms with Gasteiger partial charge in [-0.2, -0.15) is 0 Å². The van der Waals surface area contributed by atoms with Crippen molar-refractivity contribution < 1.29 is 0 Å². The van der Waals surface area contributed by atoms with Crippen LogP contribution in [0.3, 0.4) is 0 Å². The highest BCUT2D eigenvalue weighted by Gasteiger charge is 2.04. The smallest absolute Gasteiger partial charge is 0.330 e. The van der Waals surface area contributed by atoms with Crippen molar-refractivity contribution >= 4 is 5.65 Å². The first kappa shape index (κ1) is 8.89. The summed E-state index contributed by atoms with van der Waals surface area (Å²) in [5.74, 6) is 0. The maximum absolute atomic E-state index is 11.6. The molecule has 0 aliphatic heterocycles. The van der Waals surface area contributed by atoms with Crippen LogP contribution < -0.4 is 11.4 Å². The summed E-state index contributed by atoms with van der Waals surface area (Å²) in [4.78, 5) is 15.5. The van der Waals surface area contributed by atoms with Crippen LogP contribution in [0.1, 0.15) is 6.42 Å². The molecule has 0 aliphatic carbocycles. The van der Waals surface area contributed by atoms with Crippen LogP contribution in [0.4, 0.5) is 0 Å². The average molecular weight is 193 g/mol. The maximum Gasteiger partial charge on any atom is 0.350 e. The largest absolute Gasteiger partial charge is 0.350 e. The summed E-state index contributed by atoms with van der Waals surface area (Å²) in [6.07, 6.45) is 5.46. The van der Waals surface area contributed by atoms with Crippen molar-refractivity contribution in [1.29, 1.82) is 0 Å². The molecule has 0 fully saturated rings. The molecule has 0 unspecified atom stereocenters. The molecule has 0 saturated carbocycles. The Hall–Kier alpha value is -1.69. The molecule has 14 heavy (non-hydrogen) atoms. The third-order valence-electron chi connectivity index (χ3n) is 1.96. The predicted molar refractivity (Wildman–Crippen MR) is 50.9 cm³/mol. The van der Waals surface area contributed by atoms with Gasteiger partial charge in [0.15, 0.2) is 5.65 Å². The Labute approximate surface area is 80.0 Å². The lowest BCUT2D eigenvalue weighted by molar-refractivity contribution is 0.566. The second-order valence-corrected chi connectivity index (χ2v) is 2.95. The lowest BCUT2D eigenvalue weighted by atomic mass is 10.4. The quantitative estimate of drug-likeness (QED) is 0.695. The fourth-order valence-corrected chi connectivity index (χ4v) is 1.27. The zero-order valence-electron chi connectivity index (χ0n) is 7.63. The third-order valence-corrected chi connectivity index (χ3v) is 1.96. The minimum Gasteiger partial charge on any atom is -0.330 e. The van der Waals surface area contributed by atoms with E-state index in [-0.39, 0.29) is 5.69 Å². The van der Waals surface area contributed by atoms with Gasteiger partial charge in [-0.1, -0.05) is 0 Å². The summed E-state index contributed by atoms with van der Waals surface area (Å²) in [6, 6.07) is 0. The van der Waals surface area contributed by atoms with Gasteiger partial charge in [0.1, 0.15) is 0 Å². The molecule has 6 nitrogen and oxygen atoms in total. The van der Waals surface area contributed by atoms with E-state index in [1.807, 2.05) is 0 Å². The van der Waals surface area contributed by atoms with E-state index in [1.54, 1.807) is 18.6 Å². The van der Waals surface area contributed by atoms with Crippen molar-refractivity contribution in [3.05, 3.63) is 29.1 Å². The third kappa shape index (κ3) is 1.39. The van der Waals surface area contributed by atoms with Crippen molar-refractivity contribution in [2.45, 2.75) is 13.0 Å². The minimum absolute atomic E-state index is 0.143. The van der Waals surface area contributed by atoms with Crippen LogP contribution in [0.2, 0.25) is 0 Å². The van der Waals surface area contributed by atoms with E-state index >= 15 is 0 Å². The number of aromatic nitrogens is 4. The monoisotopic (exact) mass is 193 g/mol. The zero-order chi connectivity index (χ0) is 9.97. The van der Waals surface area contributed by atoms with Gasteiger partial charge in [-0.05, 0) is 13.0 Å². The first-order valence-electron chi connectivity index (χ1n) is 4.42. The predicted octanol–water partition coefficient (Wildman–Crippen LogP) is -0.760. The van der Waals surface area contributed by atoms with Crippen LogP contribution in [0, 0.1) is 0 Å². The molecule has 0 saturated heterocycles. The van der Waals surface area contributed by atoms with Crippen LogP contribution >= 0.6 is 0 Å². The lowest BCUT2D eigenvalue weighted by Crippen LogP contribution is -2.22. The van der Waals surface area contributed by atoms with Crippen molar-refractivity contribution in [1.82, 2.24) is 19.2 Å². The van der Waals surface area contributed by atoms with Crippen molar-refractivity contribution in [3.8, 4) is 0 Å². The van der Waals surface area contributed by atoms with Gasteiger partial charge in [-0.15, -0.1) is 5.10 Å². The van der Waals surface area contributed by atoms with Crippen molar-refractivity contribution in [2.24, 2.45) is 5.73 Å². The molecular weight excluding hydrogens is 182 g/mol. The molecule has 6 heteroatoms. The first-order chi connectivity index (χ1) is 6.83. The molecule has 2 aromatic rings. The summed E-state index contributed by atoms with van der Waals surface area (Å²) in [7, 11) is 0. The molecule has 0 atom stereocenters. The highest BCUT2D eigenvalue weighted by atomic mass is 16.2. The highest BCUT2D eigenvalue weighted by Crippen LogP contribution is 1.92. The number of hydrogen-bond donors (Lipinski definition) is 1. The fourth-order valence-electron chi connectivity index (χ4n) is 1.27. The van der Waals surface area contributed by atoms with Gasteiger partial charge in [0, 0.05) is 18.9 Å². The number of nitrogens with two attached hydrogens (primary N) is 1. The molecule has 2 aromatic heterocycles. The fraction of sp³-hybridized carbons (Fsp3) is 0.375. The number of aryl methyl sites for hydroxylation is 1. The van der Waals surface area contributed by atoms with Crippen molar-refractivity contribution in [3.63, 3.8) is 0 Å². The molecule has 0 amide bonds. The van der Waals surface area contributed by atoms with Gasteiger partial charge in [0.05, 0.1) is 6.20 Å². The molecule has 2 heterocycles. The highest BCUT2D eigenvalue weighted by molar-refractivity contribution is 5.31. The molecule has 74 valence electrons. The van der Waals surface area contributed by atoms with E-state index in [9.17, 15) is 4.79 Å². The standard InChI is InChI=1S/C8H11N5O/c9-2-1-4-13-8(14)12-5-3-10-6-7(12)11-13/h3,5-6H,1-2,4,9H2. The second kappa shape index (κ2) is 3.59. The van der Waals surface area contributed by atoms with Crippen molar-refractivity contribution in [2.75, 3.05) is 6.54 Å². The first-order valence-corrected chi connectivity index (χ1v) is 4.42. The molecule has 0 aliphatic rings. The van der Waals surface area contributed by atoms with E-state index < -0.39 is 0 Å². The number of nitrogens with zero attached hydrogens (tertiary/aromatic N) is 4.